The monoisotopic (exact) mass is 249 g/mol. The van der Waals surface area contributed by atoms with Crippen molar-refractivity contribution in [1.29, 1.82) is 0 Å². The molecule has 2 aliphatic rings. The van der Waals surface area contributed by atoms with E-state index in [1.807, 2.05) is 0 Å². The molecule has 2 rings (SSSR count). The van der Waals surface area contributed by atoms with Crippen LogP contribution in [0.2, 0.25) is 0 Å². The van der Waals surface area contributed by atoms with Crippen molar-refractivity contribution in [3.63, 3.8) is 0 Å². The zero-order valence-corrected chi connectivity index (χ0v) is 10.3. The van der Waals surface area contributed by atoms with Crippen molar-refractivity contribution in [3.05, 3.63) is 10.6 Å². The molecule has 0 unspecified atom stereocenters. The predicted octanol–water partition coefficient (Wildman–Crippen LogP) is 0.895. The number of nitrogens with one attached hydrogen (secondary N) is 1. The van der Waals surface area contributed by atoms with Gasteiger partial charge in [-0.3, -0.25) is 9.80 Å². The molecule has 2 fully saturated rings. The summed E-state index contributed by atoms with van der Waals surface area (Å²) >= 11 is 11.4. The van der Waals surface area contributed by atoms with Crippen molar-refractivity contribution in [2.75, 3.05) is 45.8 Å². The third-order valence-electron chi connectivity index (χ3n) is 3.18. The first-order chi connectivity index (χ1) is 7.29. The smallest absolute Gasteiger partial charge is 0.0434 e. The highest BCUT2D eigenvalue weighted by Crippen LogP contribution is 2.12. The fourth-order valence-corrected chi connectivity index (χ4v) is 2.30. The summed E-state index contributed by atoms with van der Waals surface area (Å²) in [6.45, 7) is 7.60. The minimum Gasteiger partial charge on any atom is -0.314 e. The molecule has 0 aromatic rings. The number of hydrogen-bond donors (Lipinski definition) is 1. The molecule has 0 saturated carbocycles. The first-order valence-corrected chi connectivity index (χ1v) is 6.23. The Balaban J connectivity index is 1.71. The van der Waals surface area contributed by atoms with Gasteiger partial charge in [-0.2, -0.15) is 0 Å². The molecule has 0 aromatic carbocycles. The van der Waals surface area contributed by atoms with E-state index in [2.05, 4.69) is 15.1 Å². The van der Waals surface area contributed by atoms with E-state index in [4.69, 9.17) is 23.2 Å². The summed E-state index contributed by atoms with van der Waals surface area (Å²) in [7, 11) is 0. The minimum atomic E-state index is 0.732. The maximum Gasteiger partial charge on any atom is 0.0434 e. The highest BCUT2D eigenvalue weighted by atomic mass is 35.5. The van der Waals surface area contributed by atoms with Crippen LogP contribution in [-0.2, 0) is 0 Å². The Labute approximate surface area is 101 Å². The average molecular weight is 250 g/mol. The van der Waals surface area contributed by atoms with E-state index >= 15 is 0 Å². The normalized spacial score (nSPS) is 26.7. The summed E-state index contributed by atoms with van der Waals surface area (Å²) in [6.07, 6.45) is 0. The van der Waals surface area contributed by atoms with Gasteiger partial charge in [-0.05, 0) is 0 Å². The van der Waals surface area contributed by atoms with Crippen LogP contribution in [0.3, 0.4) is 0 Å². The second kappa shape index (κ2) is 5.51. The number of hydrogen-bond acceptors (Lipinski definition) is 3. The lowest BCUT2D eigenvalue weighted by atomic mass is 10.1. The topological polar surface area (TPSA) is 18.5 Å². The Hall–Kier alpha value is 0.200. The largest absolute Gasteiger partial charge is 0.314 e. The van der Waals surface area contributed by atoms with Gasteiger partial charge in [0.1, 0.15) is 0 Å². The lowest BCUT2D eigenvalue weighted by molar-refractivity contribution is 0.0778. The van der Waals surface area contributed by atoms with Crippen LogP contribution in [0.1, 0.15) is 0 Å². The molecule has 1 N–H and O–H groups in total. The van der Waals surface area contributed by atoms with E-state index in [1.165, 1.54) is 5.54 Å². The van der Waals surface area contributed by atoms with Gasteiger partial charge in [-0.25, -0.2) is 0 Å². The molecule has 0 atom stereocenters. The molecule has 3 nitrogen and oxygen atoms in total. The van der Waals surface area contributed by atoms with Gasteiger partial charge in [0.25, 0.3) is 0 Å². The van der Waals surface area contributed by atoms with Gasteiger partial charge in [0, 0.05) is 62.4 Å². The van der Waals surface area contributed by atoms with Crippen molar-refractivity contribution in [2.45, 2.75) is 6.04 Å². The summed E-state index contributed by atoms with van der Waals surface area (Å²) in [6, 6.07) is 0.770. The third kappa shape index (κ3) is 3.08. The average Bonchev–Trinajstić information content (AvgIpc) is 2.18. The van der Waals surface area contributed by atoms with Gasteiger partial charge in [0.15, 0.2) is 0 Å². The minimum absolute atomic E-state index is 0.732. The quantitative estimate of drug-likeness (QED) is 0.802. The summed E-state index contributed by atoms with van der Waals surface area (Å²) in [4.78, 5) is 4.91. The van der Waals surface area contributed by atoms with Crippen molar-refractivity contribution in [3.8, 4) is 0 Å². The molecule has 2 heterocycles. The summed E-state index contributed by atoms with van der Waals surface area (Å²) in [5.41, 5.74) is 1.46. The molecule has 0 aliphatic carbocycles. The van der Waals surface area contributed by atoms with Crippen LogP contribution in [0.5, 0.6) is 0 Å². The van der Waals surface area contributed by atoms with Crippen LogP contribution in [-0.4, -0.2) is 61.7 Å². The Morgan fingerprint density at radius 1 is 1.27 bits per heavy atom. The Bertz CT molecular complexity index is 233. The summed E-state index contributed by atoms with van der Waals surface area (Å²) in [5, 5.41) is 4.04. The molecular formula is C10H17Cl2N3. The van der Waals surface area contributed by atoms with Gasteiger partial charge in [-0.15, -0.1) is 0 Å². The number of halogens is 2. The lowest BCUT2D eigenvalue weighted by Gasteiger charge is -2.43. The molecule has 15 heavy (non-hydrogen) atoms. The SMILES string of the molecule is ClC=C(Cl)CN1CCN(C2CNC2)CC1. The zero-order chi connectivity index (χ0) is 10.7. The fraction of sp³-hybridized carbons (Fsp3) is 0.800. The number of rotatable bonds is 3. The van der Waals surface area contributed by atoms with E-state index < -0.39 is 0 Å². The zero-order valence-electron chi connectivity index (χ0n) is 8.75. The molecule has 0 aromatic heterocycles. The third-order valence-corrected chi connectivity index (χ3v) is 3.78. The first kappa shape index (κ1) is 11.7. The molecule has 2 aliphatic heterocycles. The Kier molecular flexibility index (Phi) is 4.29. The van der Waals surface area contributed by atoms with Crippen LogP contribution in [0, 0.1) is 0 Å². The summed E-state index contributed by atoms with van der Waals surface area (Å²) in [5.74, 6) is 0. The van der Waals surface area contributed by atoms with Crippen molar-refractivity contribution >= 4 is 23.2 Å². The van der Waals surface area contributed by atoms with Crippen molar-refractivity contribution in [1.82, 2.24) is 15.1 Å². The standard InChI is InChI=1S/C10H17Cl2N3/c11-5-9(12)8-14-1-3-15(4-2-14)10-6-13-7-10/h5,10,13H,1-4,6-8H2. The Morgan fingerprint density at radius 3 is 2.40 bits per heavy atom. The lowest BCUT2D eigenvalue weighted by Crippen LogP contribution is -2.61. The predicted molar refractivity (Wildman–Crippen MR) is 64.5 cm³/mol. The van der Waals surface area contributed by atoms with E-state index in [0.29, 0.717) is 0 Å². The van der Waals surface area contributed by atoms with Crippen LogP contribution in [0.25, 0.3) is 0 Å². The molecule has 0 spiro atoms. The fourth-order valence-electron chi connectivity index (χ4n) is 2.07. The van der Waals surface area contributed by atoms with Gasteiger partial charge in [0.2, 0.25) is 0 Å². The van der Waals surface area contributed by atoms with Gasteiger partial charge < -0.3 is 5.32 Å². The second-order valence-corrected chi connectivity index (χ2v) is 4.88. The highest BCUT2D eigenvalue weighted by molar-refractivity contribution is 6.36. The highest BCUT2D eigenvalue weighted by Gasteiger charge is 2.27. The number of nitrogens with zero attached hydrogens (tertiary/aromatic N) is 2. The van der Waals surface area contributed by atoms with E-state index in [1.54, 1.807) is 0 Å². The molecule has 2 saturated heterocycles. The second-order valence-electron chi connectivity index (χ2n) is 4.18. The van der Waals surface area contributed by atoms with Crippen LogP contribution in [0.15, 0.2) is 10.6 Å². The summed E-state index contributed by atoms with van der Waals surface area (Å²) < 4.78 is 0. The van der Waals surface area contributed by atoms with Gasteiger partial charge in [0.05, 0.1) is 0 Å². The van der Waals surface area contributed by atoms with Crippen LogP contribution < -0.4 is 5.32 Å². The van der Waals surface area contributed by atoms with E-state index in [-0.39, 0.29) is 0 Å². The molecule has 0 bridgehead atoms. The van der Waals surface area contributed by atoms with Crippen molar-refractivity contribution < 1.29 is 0 Å². The first-order valence-electron chi connectivity index (χ1n) is 5.41. The van der Waals surface area contributed by atoms with Crippen molar-refractivity contribution in [2.24, 2.45) is 0 Å². The maximum absolute atomic E-state index is 5.90. The molecular weight excluding hydrogens is 233 g/mol. The van der Waals surface area contributed by atoms with Gasteiger partial charge in [-0.1, -0.05) is 23.2 Å². The number of piperazine rings is 1. The molecule has 5 heteroatoms. The van der Waals surface area contributed by atoms with Gasteiger partial charge >= 0.3 is 0 Å². The van der Waals surface area contributed by atoms with Crippen LogP contribution in [0.4, 0.5) is 0 Å². The van der Waals surface area contributed by atoms with E-state index in [9.17, 15) is 0 Å². The molecule has 0 radical (unpaired) electrons. The Morgan fingerprint density at radius 2 is 1.93 bits per heavy atom. The molecule has 0 amide bonds. The molecule has 86 valence electrons. The maximum atomic E-state index is 5.90. The van der Waals surface area contributed by atoms with Crippen LogP contribution >= 0.6 is 23.2 Å². The van der Waals surface area contributed by atoms with E-state index in [0.717, 1.165) is 56.9 Å².